The van der Waals surface area contributed by atoms with Gasteiger partial charge in [0.2, 0.25) is 0 Å². The van der Waals surface area contributed by atoms with Crippen LogP contribution < -0.4 is 10.5 Å². The number of anilines is 1. The quantitative estimate of drug-likeness (QED) is 0.941. The fourth-order valence-electron chi connectivity index (χ4n) is 3.01. The molecule has 0 saturated carbocycles. The molecule has 1 atom stereocenters. The van der Waals surface area contributed by atoms with Gasteiger partial charge in [0, 0.05) is 12.7 Å². The molecule has 1 fully saturated rings. The Balaban J connectivity index is 1.90. The first-order chi connectivity index (χ1) is 11.1. The second kappa shape index (κ2) is 6.24. The highest BCUT2D eigenvalue weighted by Crippen LogP contribution is 2.34. The SMILES string of the molecule is COc1cccc(C2CCCN2C(=O)c2cnc(C)nc2N)c1. The highest BCUT2D eigenvalue weighted by atomic mass is 16.5. The Morgan fingerprint density at radius 3 is 3.00 bits per heavy atom. The molecule has 6 nitrogen and oxygen atoms in total. The molecule has 3 rings (SSSR count). The van der Waals surface area contributed by atoms with Gasteiger partial charge in [-0.05, 0) is 37.5 Å². The molecule has 2 heterocycles. The molecule has 1 aromatic carbocycles. The summed E-state index contributed by atoms with van der Waals surface area (Å²) in [4.78, 5) is 22.9. The second-order valence-electron chi connectivity index (χ2n) is 5.65. The monoisotopic (exact) mass is 312 g/mol. The standard InChI is InChI=1S/C17H20N4O2/c1-11-19-10-14(16(18)20-11)17(22)21-8-4-7-15(21)12-5-3-6-13(9-12)23-2/h3,5-6,9-10,15H,4,7-8H2,1-2H3,(H2,18,19,20). The summed E-state index contributed by atoms with van der Waals surface area (Å²) in [6.45, 7) is 2.45. The molecule has 1 amide bonds. The summed E-state index contributed by atoms with van der Waals surface area (Å²) < 4.78 is 5.28. The Bertz CT molecular complexity index is 732. The fraction of sp³-hybridized carbons (Fsp3) is 0.353. The van der Waals surface area contributed by atoms with Crippen LogP contribution in [0.5, 0.6) is 5.75 Å². The van der Waals surface area contributed by atoms with Crippen LogP contribution in [-0.2, 0) is 0 Å². The number of nitrogen functional groups attached to an aromatic ring is 1. The van der Waals surface area contributed by atoms with E-state index < -0.39 is 0 Å². The summed E-state index contributed by atoms with van der Waals surface area (Å²) in [5, 5.41) is 0. The van der Waals surface area contributed by atoms with Gasteiger partial charge < -0.3 is 15.4 Å². The van der Waals surface area contributed by atoms with Crippen LogP contribution in [0.3, 0.4) is 0 Å². The first-order valence-electron chi connectivity index (χ1n) is 7.64. The smallest absolute Gasteiger partial charge is 0.259 e. The van der Waals surface area contributed by atoms with Crippen molar-refractivity contribution in [2.75, 3.05) is 19.4 Å². The van der Waals surface area contributed by atoms with Crippen LogP contribution in [0.2, 0.25) is 0 Å². The Kier molecular flexibility index (Phi) is 4.14. The second-order valence-corrected chi connectivity index (χ2v) is 5.65. The minimum Gasteiger partial charge on any atom is -0.497 e. The number of nitrogens with zero attached hydrogens (tertiary/aromatic N) is 3. The molecule has 1 aromatic heterocycles. The van der Waals surface area contributed by atoms with Gasteiger partial charge in [0.05, 0.1) is 13.2 Å². The van der Waals surface area contributed by atoms with E-state index in [4.69, 9.17) is 10.5 Å². The molecule has 120 valence electrons. The predicted molar refractivity (Wildman–Crippen MR) is 87.2 cm³/mol. The molecule has 23 heavy (non-hydrogen) atoms. The van der Waals surface area contributed by atoms with E-state index in [1.807, 2.05) is 29.2 Å². The number of methoxy groups -OCH3 is 1. The third-order valence-electron chi connectivity index (χ3n) is 4.16. The fourth-order valence-corrected chi connectivity index (χ4v) is 3.01. The number of rotatable bonds is 3. The van der Waals surface area contributed by atoms with E-state index in [0.29, 0.717) is 17.9 Å². The van der Waals surface area contributed by atoms with E-state index in [-0.39, 0.29) is 17.8 Å². The van der Waals surface area contributed by atoms with Crippen molar-refractivity contribution in [1.29, 1.82) is 0 Å². The maximum absolute atomic E-state index is 12.9. The third kappa shape index (κ3) is 2.97. The van der Waals surface area contributed by atoms with Crippen LogP contribution in [0, 0.1) is 6.92 Å². The Morgan fingerprint density at radius 1 is 1.43 bits per heavy atom. The summed E-state index contributed by atoms with van der Waals surface area (Å²) in [6.07, 6.45) is 3.40. The van der Waals surface area contributed by atoms with E-state index in [9.17, 15) is 4.79 Å². The van der Waals surface area contributed by atoms with Crippen LogP contribution >= 0.6 is 0 Å². The van der Waals surface area contributed by atoms with Crippen LogP contribution in [0.4, 0.5) is 5.82 Å². The number of likely N-dealkylation sites (tertiary alicyclic amines) is 1. The topological polar surface area (TPSA) is 81.3 Å². The van der Waals surface area contributed by atoms with Gasteiger partial charge in [0.25, 0.3) is 5.91 Å². The number of aryl methyl sites for hydroxylation is 1. The van der Waals surface area contributed by atoms with E-state index in [0.717, 1.165) is 24.2 Å². The molecular formula is C17H20N4O2. The van der Waals surface area contributed by atoms with Crippen molar-refractivity contribution < 1.29 is 9.53 Å². The average molecular weight is 312 g/mol. The number of carbonyl (C=O) groups is 1. The minimum atomic E-state index is -0.118. The Labute approximate surface area is 135 Å². The van der Waals surface area contributed by atoms with E-state index in [2.05, 4.69) is 9.97 Å². The molecule has 0 bridgehead atoms. The van der Waals surface area contributed by atoms with Crippen molar-refractivity contribution in [1.82, 2.24) is 14.9 Å². The van der Waals surface area contributed by atoms with Gasteiger partial charge in [0.1, 0.15) is 23.0 Å². The van der Waals surface area contributed by atoms with E-state index in [1.54, 1.807) is 14.0 Å². The lowest BCUT2D eigenvalue weighted by atomic mass is 10.0. The van der Waals surface area contributed by atoms with Crippen molar-refractivity contribution in [3.05, 3.63) is 47.4 Å². The molecule has 0 spiro atoms. The first-order valence-corrected chi connectivity index (χ1v) is 7.64. The zero-order valence-electron chi connectivity index (χ0n) is 13.3. The van der Waals surface area contributed by atoms with Gasteiger partial charge >= 0.3 is 0 Å². The summed E-state index contributed by atoms with van der Waals surface area (Å²) in [6, 6.07) is 7.87. The largest absolute Gasteiger partial charge is 0.497 e. The summed E-state index contributed by atoms with van der Waals surface area (Å²) in [5.74, 6) is 1.47. The summed E-state index contributed by atoms with van der Waals surface area (Å²) in [7, 11) is 1.64. The van der Waals surface area contributed by atoms with Gasteiger partial charge in [-0.1, -0.05) is 12.1 Å². The molecule has 1 unspecified atom stereocenters. The number of hydrogen-bond acceptors (Lipinski definition) is 5. The first kappa shape index (κ1) is 15.3. The number of hydrogen-bond donors (Lipinski definition) is 1. The highest BCUT2D eigenvalue weighted by molar-refractivity contribution is 5.98. The van der Waals surface area contributed by atoms with Gasteiger partial charge in [-0.3, -0.25) is 4.79 Å². The van der Waals surface area contributed by atoms with E-state index in [1.165, 1.54) is 6.20 Å². The number of ether oxygens (including phenoxy) is 1. The molecule has 2 N–H and O–H groups in total. The van der Waals surface area contributed by atoms with Gasteiger partial charge in [-0.2, -0.15) is 0 Å². The molecule has 0 aliphatic carbocycles. The molecule has 0 radical (unpaired) electrons. The average Bonchev–Trinajstić information content (AvgIpc) is 3.04. The minimum absolute atomic E-state index is 0.0262. The lowest BCUT2D eigenvalue weighted by Gasteiger charge is -2.25. The van der Waals surface area contributed by atoms with Crippen molar-refractivity contribution in [3.8, 4) is 5.75 Å². The molecule has 1 aliphatic rings. The highest BCUT2D eigenvalue weighted by Gasteiger charge is 2.32. The van der Waals surface area contributed by atoms with Crippen LogP contribution in [0.25, 0.3) is 0 Å². The number of nitrogens with two attached hydrogens (primary N) is 1. The van der Waals surface area contributed by atoms with Crippen molar-refractivity contribution >= 4 is 11.7 Å². The zero-order valence-corrected chi connectivity index (χ0v) is 13.3. The lowest BCUT2D eigenvalue weighted by Crippen LogP contribution is -2.31. The maximum Gasteiger partial charge on any atom is 0.259 e. The third-order valence-corrected chi connectivity index (χ3v) is 4.16. The summed E-state index contributed by atoms with van der Waals surface area (Å²) >= 11 is 0. The van der Waals surface area contributed by atoms with Gasteiger partial charge in [0.15, 0.2) is 0 Å². The number of benzene rings is 1. The van der Waals surface area contributed by atoms with Gasteiger partial charge in [-0.15, -0.1) is 0 Å². The molecule has 6 heteroatoms. The van der Waals surface area contributed by atoms with Crippen molar-refractivity contribution in [2.24, 2.45) is 0 Å². The van der Waals surface area contributed by atoms with Crippen molar-refractivity contribution in [2.45, 2.75) is 25.8 Å². The molecular weight excluding hydrogens is 292 g/mol. The normalized spacial score (nSPS) is 17.3. The molecule has 1 saturated heterocycles. The van der Waals surface area contributed by atoms with Gasteiger partial charge in [-0.25, -0.2) is 9.97 Å². The number of aromatic nitrogens is 2. The lowest BCUT2D eigenvalue weighted by molar-refractivity contribution is 0.0735. The van der Waals surface area contributed by atoms with Crippen molar-refractivity contribution in [3.63, 3.8) is 0 Å². The van der Waals surface area contributed by atoms with Crippen LogP contribution in [-0.4, -0.2) is 34.4 Å². The maximum atomic E-state index is 12.9. The molecule has 1 aliphatic heterocycles. The Hall–Kier alpha value is -2.63. The van der Waals surface area contributed by atoms with Crippen LogP contribution in [0.15, 0.2) is 30.5 Å². The number of amides is 1. The molecule has 2 aromatic rings. The number of carbonyl (C=O) groups excluding carboxylic acids is 1. The van der Waals surface area contributed by atoms with E-state index >= 15 is 0 Å². The Morgan fingerprint density at radius 2 is 2.26 bits per heavy atom. The predicted octanol–water partition coefficient (Wildman–Crippen LogP) is 2.35. The summed E-state index contributed by atoms with van der Waals surface area (Å²) in [5.41, 5.74) is 7.34. The zero-order chi connectivity index (χ0) is 16.4. The van der Waals surface area contributed by atoms with Crippen LogP contribution in [0.1, 0.15) is 40.6 Å².